The van der Waals surface area contributed by atoms with Gasteiger partial charge in [-0.05, 0) is 53.6 Å². The van der Waals surface area contributed by atoms with Gasteiger partial charge in [0.15, 0.2) is 9.84 Å². The van der Waals surface area contributed by atoms with Crippen LogP contribution in [0, 0.1) is 5.82 Å². The maximum Gasteiger partial charge on any atom is 0.175 e. The third-order valence-corrected chi connectivity index (χ3v) is 5.75. The first-order valence-corrected chi connectivity index (χ1v) is 10.9. The molecule has 4 aromatic rings. The molecule has 3 aromatic carbocycles. The number of hydrogen-bond acceptors (Lipinski definition) is 5. The van der Waals surface area contributed by atoms with E-state index in [2.05, 4.69) is 15.3 Å². The highest BCUT2D eigenvalue weighted by Crippen LogP contribution is 2.23. The number of sulfone groups is 1. The first-order chi connectivity index (χ1) is 14.5. The fraction of sp³-hybridized carbons (Fsp3) is 0.0435. The predicted octanol–water partition coefficient (Wildman–Crippen LogP) is 5.10. The summed E-state index contributed by atoms with van der Waals surface area (Å²) in [4.78, 5) is 8.53. The SMILES string of the molecule is O=S(=O)(/C=C/c1ccc(F)cc1)Cc1ccc(Nc2ncnc3ccccc23)cc1. The second-order valence-electron chi connectivity index (χ2n) is 6.72. The standard InChI is InChI=1S/C23H18FN3O2S/c24-19-9-5-17(6-10-19)13-14-30(28,29)15-18-7-11-20(12-8-18)27-23-21-3-1-2-4-22(21)25-16-26-23/h1-14,16H,15H2,(H,25,26,27)/b14-13+. The second-order valence-corrected chi connectivity index (χ2v) is 8.61. The molecule has 1 aromatic heterocycles. The predicted molar refractivity (Wildman–Crippen MR) is 117 cm³/mol. The van der Waals surface area contributed by atoms with Gasteiger partial charge in [-0.3, -0.25) is 0 Å². The molecule has 4 rings (SSSR count). The lowest BCUT2D eigenvalue weighted by Crippen LogP contribution is -2.00. The van der Waals surface area contributed by atoms with Crippen molar-refractivity contribution in [2.75, 3.05) is 5.32 Å². The summed E-state index contributed by atoms with van der Waals surface area (Å²) in [5.41, 5.74) is 2.92. The lowest BCUT2D eigenvalue weighted by molar-refractivity contribution is 0.604. The average molecular weight is 419 g/mol. The Labute approximate surface area is 173 Å². The maximum absolute atomic E-state index is 12.9. The summed E-state index contributed by atoms with van der Waals surface area (Å²) in [6, 6.07) is 20.5. The summed E-state index contributed by atoms with van der Waals surface area (Å²) in [6.07, 6.45) is 2.96. The Morgan fingerprint density at radius 2 is 1.63 bits per heavy atom. The molecule has 0 aliphatic heterocycles. The zero-order valence-corrected chi connectivity index (χ0v) is 16.7. The lowest BCUT2D eigenvalue weighted by atomic mass is 10.2. The monoisotopic (exact) mass is 419 g/mol. The fourth-order valence-electron chi connectivity index (χ4n) is 2.96. The quantitative estimate of drug-likeness (QED) is 0.471. The smallest absolute Gasteiger partial charge is 0.175 e. The summed E-state index contributed by atoms with van der Waals surface area (Å²) in [7, 11) is -3.46. The van der Waals surface area contributed by atoms with Gasteiger partial charge < -0.3 is 5.32 Å². The highest BCUT2D eigenvalue weighted by molar-refractivity contribution is 7.93. The van der Waals surface area contributed by atoms with Crippen LogP contribution in [0.3, 0.4) is 0 Å². The van der Waals surface area contributed by atoms with Crippen LogP contribution < -0.4 is 5.32 Å². The number of nitrogens with one attached hydrogen (secondary N) is 1. The Kier molecular flexibility index (Phi) is 5.54. The van der Waals surface area contributed by atoms with Crippen molar-refractivity contribution in [3.05, 3.63) is 101 Å². The van der Waals surface area contributed by atoms with Gasteiger partial charge in [-0.1, -0.05) is 36.4 Å². The van der Waals surface area contributed by atoms with E-state index in [4.69, 9.17) is 0 Å². The van der Waals surface area contributed by atoms with E-state index in [9.17, 15) is 12.8 Å². The lowest BCUT2D eigenvalue weighted by Gasteiger charge is -2.09. The summed E-state index contributed by atoms with van der Waals surface area (Å²) < 4.78 is 37.7. The van der Waals surface area contributed by atoms with E-state index >= 15 is 0 Å². The van der Waals surface area contributed by atoms with E-state index in [1.54, 1.807) is 12.1 Å². The fourth-order valence-corrected chi connectivity index (χ4v) is 4.08. The zero-order valence-electron chi connectivity index (χ0n) is 15.9. The van der Waals surface area contributed by atoms with Gasteiger partial charge in [0.1, 0.15) is 18.0 Å². The molecular weight excluding hydrogens is 401 g/mol. The average Bonchev–Trinajstić information content (AvgIpc) is 2.75. The highest BCUT2D eigenvalue weighted by Gasteiger charge is 2.09. The van der Waals surface area contributed by atoms with Crippen molar-refractivity contribution in [2.45, 2.75) is 5.75 Å². The molecule has 0 spiro atoms. The number of fused-ring (bicyclic) bond motifs is 1. The van der Waals surface area contributed by atoms with Gasteiger partial charge in [-0.2, -0.15) is 0 Å². The number of benzene rings is 3. The third-order valence-electron chi connectivity index (χ3n) is 4.47. The number of rotatable bonds is 6. The van der Waals surface area contributed by atoms with E-state index in [-0.39, 0.29) is 11.6 Å². The Morgan fingerprint density at radius 3 is 2.40 bits per heavy atom. The minimum absolute atomic E-state index is 0.124. The zero-order chi connectivity index (χ0) is 21.0. The third kappa shape index (κ3) is 4.87. The van der Waals surface area contributed by atoms with Crippen LogP contribution in [0.2, 0.25) is 0 Å². The highest BCUT2D eigenvalue weighted by atomic mass is 32.2. The van der Waals surface area contributed by atoms with E-state index in [0.29, 0.717) is 16.9 Å². The van der Waals surface area contributed by atoms with Crippen LogP contribution in [-0.4, -0.2) is 18.4 Å². The van der Waals surface area contributed by atoms with Gasteiger partial charge in [0.2, 0.25) is 0 Å². The van der Waals surface area contributed by atoms with E-state index < -0.39 is 9.84 Å². The summed E-state index contributed by atoms with van der Waals surface area (Å²) in [5, 5.41) is 5.30. The van der Waals surface area contributed by atoms with Crippen molar-refractivity contribution in [2.24, 2.45) is 0 Å². The summed E-state index contributed by atoms with van der Waals surface area (Å²) >= 11 is 0. The van der Waals surface area contributed by atoms with E-state index in [1.807, 2.05) is 36.4 Å². The molecule has 0 amide bonds. The van der Waals surface area contributed by atoms with Crippen molar-refractivity contribution in [1.82, 2.24) is 9.97 Å². The van der Waals surface area contributed by atoms with Gasteiger partial charge >= 0.3 is 0 Å². The van der Waals surface area contributed by atoms with Crippen molar-refractivity contribution in [3.8, 4) is 0 Å². The minimum atomic E-state index is -3.46. The molecule has 0 aliphatic carbocycles. The summed E-state index contributed by atoms with van der Waals surface area (Å²) in [5.74, 6) is 0.198. The Bertz CT molecular complexity index is 1300. The Morgan fingerprint density at radius 1 is 0.900 bits per heavy atom. The topological polar surface area (TPSA) is 72.0 Å². The molecule has 0 fully saturated rings. The molecule has 7 heteroatoms. The number of nitrogens with zero attached hydrogens (tertiary/aromatic N) is 2. The van der Waals surface area contributed by atoms with Crippen LogP contribution in [0.5, 0.6) is 0 Å². The molecule has 1 heterocycles. The Hall–Kier alpha value is -3.58. The van der Waals surface area contributed by atoms with E-state index in [1.165, 1.54) is 36.7 Å². The second kappa shape index (κ2) is 8.42. The van der Waals surface area contributed by atoms with Gasteiger partial charge in [-0.15, -0.1) is 0 Å². The minimum Gasteiger partial charge on any atom is -0.340 e. The molecule has 150 valence electrons. The molecule has 0 aliphatic rings. The molecule has 0 bridgehead atoms. The van der Waals surface area contributed by atoms with Crippen molar-refractivity contribution < 1.29 is 12.8 Å². The van der Waals surface area contributed by atoms with Gasteiger partial charge in [-0.25, -0.2) is 22.8 Å². The van der Waals surface area contributed by atoms with Crippen molar-refractivity contribution in [1.29, 1.82) is 0 Å². The number of halogens is 1. The van der Waals surface area contributed by atoms with Crippen LogP contribution in [0.15, 0.2) is 84.5 Å². The molecule has 5 nitrogen and oxygen atoms in total. The molecular formula is C23H18FN3O2S. The molecule has 0 unspecified atom stereocenters. The van der Waals surface area contributed by atoms with Crippen LogP contribution in [-0.2, 0) is 15.6 Å². The molecule has 0 saturated carbocycles. The number of anilines is 2. The Balaban J connectivity index is 1.46. The van der Waals surface area contributed by atoms with Crippen LogP contribution in [0.25, 0.3) is 17.0 Å². The van der Waals surface area contributed by atoms with Gasteiger partial charge in [0.25, 0.3) is 0 Å². The maximum atomic E-state index is 12.9. The first-order valence-electron chi connectivity index (χ1n) is 9.21. The molecule has 30 heavy (non-hydrogen) atoms. The summed E-state index contributed by atoms with van der Waals surface area (Å²) in [6.45, 7) is 0. The van der Waals surface area contributed by atoms with Crippen molar-refractivity contribution in [3.63, 3.8) is 0 Å². The van der Waals surface area contributed by atoms with Gasteiger partial charge in [0.05, 0.1) is 11.3 Å². The first kappa shape index (κ1) is 19.7. The van der Waals surface area contributed by atoms with Crippen LogP contribution in [0.4, 0.5) is 15.9 Å². The number of aromatic nitrogens is 2. The largest absolute Gasteiger partial charge is 0.340 e. The van der Waals surface area contributed by atoms with Crippen LogP contribution >= 0.6 is 0 Å². The number of para-hydroxylation sites is 1. The molecule has 0 saturated heterocycles. The van der Waals surface area contributed by atoms with Crippen LogP contribution in [0.1, 0.15) is 11.1 Å². The van der Waals surface area contributed by atoms with Gasteiger partial charge in [0, 0.05) is 16.5 Å². The van der Waals surface area contributed by atoms with Crippen molar-refractivity contribution >= 4 is 38.3 Å². The van der Waals surface area contributed by atoms with E-state index in [0.717, 1.165) is 22.0 Å². The number of hydrogen-bond donors (Lipinski definition) is 1. The molecule has 0 radical (unpaired) electrons. The molecule has 0 atom stereocenters. The molecule has 1 N–H and O–H groups in total. The normalized spacial score (nSPS) is 11.8.